The van der Waals surface area contributed by atoms with Gasteiger partial charge in [-0.3, -0.25) is 4.79 Å². The molecule has 0 aliphatic carbocycles. The molecule has 0 aromatic heterocycles. The molecule has 106 valence electrons. The monoisotopic (exact) mass is 339 g/mol. The highest BCUT2D eigenvalue weighted by atomic mass is 79.9. The van der Waals surface area contributed by atoms with E-state index in [0.717, 1.165) is 5.56 Å². The Hall–Kier alpha value is -1.24. The number of amides is 1. The molecule has 1 atom stereocenters. The molecule has 1 aromatic carbocycles. The average molecular weight is 340 g/mol. The van der Waals surface area contributed by atoms with E-state index in [1.807, 2.05) is 6.92 Å². The number of ether oxygens (including phenoxy) is 1. The third-order valence-corrected chi connectivity index (χ3v) is 2.84. The summed E-state index contributed by atoms with van der Waals surface area (Å²) < 4.78 is 41.8. The number of benzene rings is 1. The van der Waals surface area contributed by atoms with Gasteiger partial charge in [0.15, 0.2) is 6.10 Å². The maximum atomic E-state index is 12.0. The zero-order chi connectivity index (χ0) is 14.6. The van der Waals surface area contributed by atoms with Crippen molar-refractivity contribution in [3.05, 3.63) is 28.2 Å². The minimum Gasteiger partial charge on any atom is -0.480 e. The molecule has 1 N–H and O–H groups in total. The van der Waals surface area contributed by atoms with Crippen molar-refractivity contribution in [2.24, 2.45) is 0 Å². The Morgan fingerprint density at radius 1 is 1.47 bits per heavy atom. The van der Waals surface area contributed by atoms with Gasteiger partial charge in [0.05, 0.1) is 4.47 Å². The molecule has 19 heavy (non-hydrogen) atoms. The Balaban J connectivity index is 2.59. The average Bonchev–Trinajstić information content (AvgIpc) is 2.28. The van der Waals surface area contributed by atoms with Gasteiger partial charge in [-0.1, -0.05) is 6.07 Å². The van der Waals surface area contributed by atoms with Crippen LogP contribution in [0.25, 0.3) is 0 Å². The third kappa shape index (κ3) is 5.50. The Labute approximate surface area is 117 Å². The largest absolute Gasteiger partial charge is 0.480 e. The molecule has 1 aromatic rings. The van der Waals surface area contributed by atoms with Gasteiger partial charge in [0.25, 0.3) is 5.91 Å². The number of carbonyl (C=O) groups excluding carboxylic acids is 1. The van der Waals surface area contributed by atoms with Gasteiger partial charge in [-0.2, -0.15) is 13.2 Å². The van der Waals surface area contributed by atoms with Gasteiger partial charge in [0.2, 0.25) is 0 Å². The van der Waals surface area contributed by atoms with Crippen LogP contribution in [0.3, 0.4) is 0 Å². The summed E-state index contributed by atoms with van der Waals surface area (Å²) >= 11 is 3.26. The van der Waals surface area contributed by atoms with E-state index in [2.05, 4.69) is 15.9 Å². The van der Waals surface area contributed by atoms with Crippen molar-refractivity contribution in [3.8, 4) is 5.75 Å². The second kappa shape index (κ2) is 6.27. The van der Waals surface area contributed by atoms with Gasteiger partial charge < -0.3 is 10.1 Å². The maximum absolute atomic E-state index is 12.0. The van der Waals surface area contributed by atoms with Crippen LogP contribution in [0, 0.1) is 6.92 Å². The molecule has 0 radical (unpaired) electrons. The first-order valence-corrected chi connectivity index (χ1v) is 6.25. The van der Waals surface area contributed by atoms with Crippen molar-refractivity contribution in [2.75, 3.05) is 6.54 Å². The maximum Gasteiger partial charge on any atom is 0.405 e. The van der Waals surface area contributed by atoms with Crippen molar-refractivity contribution in [2.45, 2.75) is 26.1 Å². The molecule has 0 heterocycles. The van der Waals surface area contributed by atoms with E-state index in [-0.39, 0.29) is 0 Å². The standard InChI is InChI=1S/C12H13BrF3NO2/c1-7-3-4-10(9(13)5-7)19-8(2)11(18)17-6-12(14,15)16/h3-5,8H,6H2,1-2H3,(H,17,18). The second-order valence-electron chi connectivity index (χ2n) is 4.03. The molecule has 1 unspecified atom stereocenters. The highest BCUT2D eigenvalue weighted by Gasteiger charge is 2.29. The first kappa shape index (κ1) is 15.8. The van der Waals surface area contributed by atoms with Crippen molar-refractivity contribution < 1.29 is 22.7 Å². The quantitative estimate of drug-likeness (QED) is 0.914. The Morgan fingerprint density at radius 2 is 2.11 bits per heavy atom. The summed E-state index contributed by atoms with van der Waals surface area (Å²) in [6.45, 7) is 1.90. The van der Waals surface area contributed by atoms with Crippen molar-refractivity contribution in [3.63, 3.8) is 0 Å². The second-order valence-corrected chi connectivity index (χ2v) is 4.88. The van der Waals surface area contributed by atoms with Crippen LogP contribution >= 0.6 is 15.9 Å². The van der Waals surface area contributed by atoms with Crippen LogP contribution in [0.5, 0.6) is 5.75 Å². The van der Waals surface area contributed by atoms with Gasteiger partial charge >= 0.3 is 6.18 Å². The SMILES string of the molecule is Cc1ccc(OC(C)C(=O)NCC(F)(F)F)c(Br)c1. The lowest BCUT2D eigenvalue weighted by Crippen LogP contribution is -2.41. The number of nitrogens with one attached hydrogen (secondary N) is 1. The van der Waals surface area contributed by atoms with Crippen LogP contribution in [0.4, 0.5) is 13.2 Å². The first-order valence-electron chi connectivity index (χ1n) is 5.46. The molecule has 0 fully saturated rings. The first-order chi connectivity index (χ1) is 8.69. The smallest absolute Gasteiger partial charge is 0.405 e. The van der Waals surface area contributed by atoms with Crippen molar-refractivity contribution >= 4 is 21.8 Å². The molecule has 0 spiro atoms. The summed E-state index contributed by atoms with van der Waals surface area (Å²) in [5, 5.41) is 1.77. The zero-order valence-electron chi connectivity index (χ0n) is 10.3. The van der Waals surface area contributed by atoms with Crippen LogP contribution in [-0.4, -0.2) is 24.7 Å². The Morgan fingerprint density at radius 3 is 2.63 bits per heavy atom. The van der Waals surface area contributed by atoms with Gasteiger partial charge in [-0.25, -0.2) is 0 Å². The minimum atomic E-state index is -4.43. The van der Waals surface area contributed by atoms with Gasteiger partial charge in [0, 0.05) is 0 Å². The van der Waals surface area contributed by atoms with Crippen LogP contribution in [-0.2, 0) is 4.79 Å². The van der Waals surface area contributed by atoms with Crippen LogP contribution in [0.1, 0.15) is 12.5 Å². The summed E-state index contributed by atoms with van der Waals surface area (Å²) in [6, 6.07) is 5.21. The molecule has 0 aliphatic heterocycles. The lowest BCUT2D eigenvalue weighted by atomic mass is 10.2. The molecule has 0 bridgehead atoms. The lowest BCUT2D eigenvalue weighted by molar-refractivity contribution is -0.142. The van der Waals surface area contributed by atoms with Crippen molar-refractivity contribution in [1.29, 1.82) is 0 Å². The van der Waals surface area contributed by atoms with E-state index in [0.29, 0.717) is 10.2 Å². The fraction of sp³-hybridized carbons (Fsp3) is 0.417. The topological polar surface area (TPSA) is 38.3 Å². The molecule has 3 nitrogen and oxygen atoms in total. The van der Waals surface area contributed by atoms with Gasteiger partial charge in [-0.15, -0.1) is 0 Å². The minimum absolute atomic E-state index is 0.403. The molecule has 1 rings (SSSR count). The van der Waals surface area contributed by atoms with E-state index in [1.165, 1.54) is 6.92 Å². The summed E-state index contributed by atoms with van der Waals surface area (Å²) in [4.78, 5) is 11.4. The van der Waals surface area contributed by atoms with Gasteiger partial charge in [-0.05, 0) is 47.5 Å². The zero-order valence-corrected chi connectivity index (χ0v) is 11.9. The molecule has 1 amide bonds. The van der Waals surface area contributed by atoms with Crippen LogP contribution in [0.15, 0.2) is 22.7 Å². The number of alkyl halides is 3. The van der Waals surface area contributed by atoms with E-state index in [4.69, 9.17) is 4.74 Å². The van der Waals surface area contributed by atoms with E-state index in [9.17, 15) is 18.0 Å². The number of carbonyl (C=O) groups is 1. The van der Waals surface area contributed by atoms with Crippen LogP contribution in [0.2, 0.25) is 0 Å². The number of aryl methyl sites for hydroxylation is 1. The summed E-state index contributed by atoms with van der Waals surface area (Å²) in [7, 11) is 0. The molecule has 0 aliphatic rings. The number of halogens is 4. The lowest BCUT2D eigenvalue weighted by Gasteiger charge is -2.16. The summed E-state index contributed by atoms with van der Waals surface area (Å²) in [5.41, 5.74) is 0.994. The summed E-state index contributed by atoms with van der Waals surface area (Å²) in [6.07, 6.45) is -5.44. The third-order valence-electron chi connectivity index (χ3n) is 2.22. The molecular formula is C12H13BrF3NO2. The molecule has 7 heteroatoms. The highest BCUT2D eigenvalue weighted by Crippen LogP contribution is 2.26. The van der Waals surface area contributed by atoms with E-state index >= 15 is 0 Å². The predicted molar refractivity (Wildman–Crippen MR) is 68.0 cm³/mol. The molecular weight excluding hydrogens is 327 g/mol. The number of hydrogen-bond acceptors (Lipinski definition) is 2. The highest BCUT2D eigenvalue weighted by molar-refractivity contribution is 9.10. The van der Waals surface area contributed by atoms with Crippen molar-refractivity contribution in [1.82, 2.24) is 5.32 Å². The summed E-state index contributed by atoms with van der Waals surface area (Å²) in [5.74, 6) is -0.412. The number of rotatable bonds is 4. The van der Waals surface area contributed by atoms with Gasteiger partial charge in [0.1, 0.15) is 12.3 Å². The fourth-order valence-corrected chi connectivity index (χ4v) is 1.86. The number of hydrogen-bond donors (Lipinski definition) is 1. The fourth-order valence-electron chi connectivity index (χ4n) is 1.28. The molecule has 0 saturated carbocycles. The Bertz CT molecular complexity index is 463. The normalized spacial score (nSPS) is 12.9. The van der Waals surface area contributed by atoms with E-state index < -0.39 is 24.7 Å². The van der Waals surface area contributed by atoms with Crippen LogP contribution < -0.4 is 10.1 Å². The van der Waals surface area contributed by atoms with E-state index in [1.54, 1.807) is 23.5 Å². The Kier molecular flexibility index (Phi) is 5.22. The molecule has 0 saturated heterocycles. The predicted octanol–water partition coefficient (Wildman–Crippen LogP) is 3.20.